The van der Waals surface area contributed by atoms with Crippen molar-refractivity contribution in [3.8, 4) is 17.2 Å². The lowest BCUT2D eigenvalue weighted by Gasteiger charge is -2.14. The van der Waals surface area contributed by atoms with Gasteiger partial charge >= 0.3 is 0 Å². The van der Waals surface area contributed by atoms with Crippen LogP contribution in [0.15, 0.2) is 36.4 Å². The van der Waals surface area contributed by atoms with Crippen LogP contribution in [0.4, 0.5) is 11.4 Å². The maximum atomic E-state index is 12.6. The van der Waals surface area contributed by atoms with Crippen LogP contribution in [0.5, 0.6) is 17.2 Å². The molecule has 0 aromatic heterocycles. The predicted molar refractivity (Wildman–Crippen MR) is 104 cm³/mol. The van der Waals surface area contributed by atoms with Gasteiger partial charge in [0, 0.05) is 16.9 Å². The van der Waals surface area contributed by atoms with E-state index in [1.54, 1.807) is 24.3 Å². The van der Waals surface area contributed by atoms with Gasteiger partial charge in [-0.25, -0.2) is 0 Å². The highest BCUT2D eigenvalue weighted by atomic mass is 16.5. The lowest BCUT2D eigenvalue weighted by Crippen LogP contribution is -2.15. The SMILES string of the molecule is COc1cc(C(=O)Nc2cccc(NC(=O)CC(C)=O)c2)cc(OC)c1OC. The number of benzene rings is 2. The Kier molecular flexibility index (Phi) is 6.97. The minimum absolute atomic E-state index is 0.206. The number of hydrogen-bond acceptors (Lipinski definition) is 6. The average Bonchev–Trinajstić information content (AvgIpc) is 2.66. The van der Waals surface area contributed by atoms with Crippen molar-refractivity contribution in [2.24, 2.45) is 0 Å². The van der Waals surface area contributed by atoms with Gasteiger partial charge in [0.05, 0.1) is 27.8 Å². The standard InChI is InChI=1S/C20H22N2O6/c1-12(23)8-18(24)21-14-6-5-7-15(11-14)22-20(25)13-9-16(26-2)19(28-4)17(10-13)27-3/h5-7,9-11H,8H2,1-4H3,(H,21,24)(H,22,25). The highest BCUT2D eigenvalue weighted by Crippen LogP contribution is 2.38. The first-order chi connectivity index (χ1) is 13.4. The maximum Gasteiger partial charge on any atom is 0.255 e. The summed E-state index contributed by atoms with van der Waals surface area (Å²) in [5, 5.41) is 5.35. The fourth-order valence-corrected chi connectivity index (χ4v) is 2.52. The van der Waals surface area contributed by atoms with Crippen molar-refractivity contribution in [3.63, 3.8) is 0 Å². The number of carbonyl (C=O) groups is 3. The topological polar surface area (TPSA) is 103 Å². The summed E-state index contributed by atoms with van der Waals surface area (Å²) in [6.45, 7) is 1.34. The van der Waals surface area contributed by atoms with Crippen LogP contribution < -0.4 is 24.8 Å². The molecule has 8 heteroatoms. The first kappa shape index (κ1) is 20.8. The number of hydrogen-bond donors (Lipinski definition) is 2. The van der Waals surface area contributed by atoms with Crippen LogP contribution in [-0.4, -0.2) is 38.9 Å². The smallest absolute Gasteiger partial charge is 0.255 e. The fraction of sp³-hybridized carbons (Fsp3) is 0.250. The van der Waals surface area contributed by atoms with E-state index in [0.29, 0.717) is 34.2 Å². The van der Waals surface area contributed by atoms with E-state index in [2.05, 4.69) is 10.6 Å². The van der Waals surface area contributed by atoms with Crippen molar-refractivity contribution in [1.29, 1.82) is 0 Å². The van der Waals surface area contributed by atoms with E-state index in [9.17, 15) is 14.4 Å². The number of amides is 2. The maximum absolute atomic E-state index is 12.6. The molecule has 0 heterocycles. The van der Waals surface area contributed by atoms with E-state index in [1.807, 2.05) is 0 Å². The molecular formula is C20H22N2O6. The summed E-state index contributed by atoms with van der Waals surface area (Å²) in [7, 11) is 4.41. The van der Waals surface area contributed by atoms with Crippen LogP contribution in [-0.2, 0) is 9.59 Å². The molecule has 0 aliphatic heterocycles. The molecule has 2 aromatic rings. The zero-order chi connectivity index (χ0) is 20.7. The Bertz CT molecular complexity index is 869. The molecule has 2 N–H and O–H groups in total. The summed E-state index contributed by atoms with van der Waals surface area (Å²) >= 11 is 0. The second-order valence-electron chi connectivity index (χ2n) is 5.88. The van der Waals surface area contributed by atoms with Gasteiger partial charge < -0.3 is 24.8 Å². The summed E-state index contributed by atoms with van der Waals surface area (Å²) in [5.41, 5.74) is 1.24. The van der Waals surface area contributed by atoms with Gasteiger partial charge in [-0.2, -0.15) is 0 Å². The lowest BCUT2D eigenvalue weighted by molar-refractivity contribution is -0.124. The van der Waals surface area contributed by atoms with Crippen molar-refractivity contribution in [2.45, 2.75) is 13.3 Å². The molecule has 0 bridgehead atoms. The number of rotatable bonds is 8. The number of anilines is 2. The number of nitrogens with one attached hydrogen (secondary N) is 2. The van der Waals surface area contributed by atoms with Gasteiger partial charge in [0.1, 0.15) is 5.78 Å². The number of carbonyl (C=O) groups excluding carboxylic acids is 3. The quantitative estimate of drug-likeness (QED) is 0.676. The fourth-order valence-electron chi connectivity index (χ4n) is 2.52. The van der Waals surface area contributed by atoms with Gasteiger partial charge in [-0.1, -0.05) is 6.07 Å². The van der Waals surface area contributed by atoms with E-state index in [4.69, 9.17) is 14.2 Å². The second kappa shape index (κ2) is 9.40. The largest absolute Gasteiger partial charge is 0.493 e. The normalized spacial score (nSPS) is 10.0. The molecule has 0 aliphatic carbocycles. The third kappa shape index (κ3) is 5.23. The summed E-state index contributed by atoms with van der Waals surface area (Å²) in [4.78, 5) is 35.4. The van der Waals surface area contributed by atoms with E-state index in [1.165, 1.54) is 40.4 Å². The van der Waals surface area contributed by atoms with Gasteiger partial charge in [0.25, 0.3) is 5.91 Å². The van der Waals surface area contributed by atoms with Gasteiger partial charge in [-0.15, -0.1) is 0 Å². The molecule has 0 saturated carbocycles. The molecule has 28 heavy (non-hydrogen) atoms. The van der Waals surface area contributed by atoms with Crippen molar-refractivity contribution in [2.75, 3.05) is 32.0 Å². The summed E-state index contributed by atoms with van der Waals surface area (Å²) in [6, 6.07) is 9.68. The second-order valence-corrected chi connectivity index (χ2v) is 5.88. The van der Waals surface area contributed by atoms with Gasteiger partial charge in [0.15, 0.2) is 11.5 Å². The molecule has 0 spiro atoms. The van der Waals surface area contributed by atoms with Crippen molar-refractivity contribution in [3.05, 3.63) is 42.0 Å². The third-order valence-electron chi connectivity index (χ3n) is 3.74. The molecule has 0 radical (unpaired) electrons. The third-order valence-corrected chi connectivity index (χ3v) is 3.74. The molecule has 0 atom stereocenters. The van der Waals surface area contributed by atoms with Gasteiger partial charge in [-0.3, -0.25) is 14.4 Å². The highest BCUT2D eigenvalue weighted by Gasteiger charge is 2.17. The Morgan fingerprint density at radius 1 is 0.857 bits per heavy atom. The molecule has 2 aromatic carbocycles. The van der Waals surface area contributed by atoms with Crippen molar-refractivity contribution in [1.82, 2.24) is 0 Å². The summed E-state index contributed by atoms with van der Waals surface area (Å²) in [5.74, 6) is 0.0580. The monoisotopic (exact) mass is 386 g/mol. The Balaban J connectivity index is 2.20. The molecule has 2 amide bonds. The first-order valence-electron chi connectivity index (χ1n) is 8.38. The molecule has 0 unspecified atom stereocenters. The summed E-state index contributed by atoms with van der Waals surface area (Å²) in [6.07, 6.45) is -0.206. The lowest BCUT2D eigenvalue weighted by atomic mass is 10.1. The minimum Gasteiger partial charge on any atom is -0.493 e. The van der Waals surface area contributed by atoms with Crippen LogP contribution in [0.1, 0.15) is 23.7 Å². The number of ketones is 1. The minimum atomic E-state index is -0.416. The molecular weight excluding hydrogens is 364 g/mol. The zero-order valence-corrected chi connectivity index (χ0v) is 16.1. The number of Topliss-reactive ketones (excluding diaryl/α,β-unsaturated/α-hetero) is 1. The number of ether oxygens (including phenoxy) is 3. The molecule has 0 fully saturated rings. The average molecular weight is 386 g/mol. The number of methoxy groups -OCH3 is 3. The van der Waals surface area contributed by atoms with Gasteiger partial charge in [-0.05, 0) is 37.3 Å². The van der Waals surface area contributed by atoms with Crippen LogP contribution in [0.2, 0.25) is 0 Å². The zero-order valence-electron chi connectivity index (χ0n) is 16.1. The van der Waals surface area contributed by atoms with Crippen LogP contribution >= 0.6 is 0 Å². The molecule has 0 saturated heterocycles. The van der Waals surface area contributed by atoms with E-state index in [-0.39, 0.29) is 12.2 Å². The van der Waals surface area contributed by atoms with Gasteiger partial charge in [0.2, 0.25) is 11.7 Å². The Morgan fingerprint density at radius 2 is 1.43 bits per heavy atom. The molecule has 0 aliphatic rings. The Labute approximate surface area is 162 Å². The highest BCUT2D eigenvalue weighted by molar-refractivity contribution is 6.06. The molecule has 8 nitrogen and oxygen atoms in total. The van der Waals surface area contributed by atoms with E-state index in [0.717, 1.165) is 0 Å². The molecule has 2 rings (SSSR count). The van der Waals surface area contributed by atoms with Crippen molar-refractivity contribution >= 4 is 29.0 Å². The van der Waals surface area contributed by atoms with E-state index < -0.39 is 11.8 Å². The first-order valence-corrected chi connectivity index (χ1v) is 8.38. The summed E-state index contributed by atoms with van der Waals surface area (Å²) < 4.78 is 15.8. The Morgan fingerprint density at radius 3 is 1.93 bits per heavy atom. The van der Waals surface area contributed by atoms with Crippen LogP contribution in [0.3, 0.4) is 0 Å². The Hall–Kier alpha value is -3.55. The van der Waals surface area contributed by atoms with Crippen LogP contribution in [0.25, 0.3) is 0 Å². The molecule has 148 valence electrons. The predicted octanol–water partition coefficient (Wildman–Crippen LogP) is 2.88. The van der Waals surface area contributed by atoms with Crippen molar-refractivity contribution < 1.29 is 28.6 Å². The van der Waals surface area contributed by atoms with Crippen LogP contribution in [0, 0.1) is 0 Å². The van der Waals surface area contributed by atoms with E-state index >= 15 is 0 Å².